The minimum absolute atomic E-state index is 0.0578. The number of halogens is 1. The maximum absolute atomic E-state index is 11.9. The summed E-state index contributed by atoms with van der Waals surface area (Å²) in [5.41, 5.74) is -0.130. The molecule has 0 radical (unpaired) electrons. The van der Waals surface area contributed by atoms with Gasteiger partial charge in [-0.1, -0.05) is 11.6 Å². The molecule has 0 aliphatic rings. The van der Waals surface area contributed by atoms with Crippen molar-refractivity contribution in [1.29, 1.82) is 0 Å². The fourth-order valence-corrected chi connectivity index (χ4v) is 1.66. The summed E-state index contributed by atoms with van der Waals surface area (Å²) in [5, 5.41) is 13.4. The Morgan fingerprint density at radius 1 is 1.53 bits per heavy atom. The molecule has 2 rings (SSSR count). The largest absolute Gasteiger partial charge is 0.347 e. The smallest absolute Gasteiger partial charge is 0.270 e. The Labute approximate surface area is 112 Å². The first kappa shape index (κ1) is 13.0. The van der Waals surface area contributed by atoms with Crippen LogP contribution in [0.2, 0.25) is 5.02 Å². The van der Waals surface area contributed by atoms with E-state index in [1.165, 1.54) is 12.1 Å². The Balaban J connectivity index is 2.14. The van der Waals surface area contributed by atoms with E-state index in [1.807, 2.05) is 0 Å². The SMILES string of the molecule is O=C(NCc1ncc[nH]1)c1cc([N+](=O)[O-])ccc1Cl. The van der Waals surface area contributed by atoms with Gasteiger partial charge in [-0.3, -0.25) is 14.9 Å². The van der Waals surface area contributed by atoms with E-state index in [0.29, 0.717) is 5.82 Å². The van der Waals surface area contributed by atoms with Crippen LogP contribution >= 0.6 is 11.6 Å². The van der Waals surface area contributed by atoms with Gasteiger partial charge >= 0.3 is 0 Å². The Bertz CT molecular complexity index is 612. The highest BCUT2D eigenvalue weighted by Crippen LogP contribution is 2.21. The van der Waals surface area contributed by atoms with Crippen LogP contribution in [0.25, 0.3) is 0 Å². The topological polar surface area (TPSA) is 101 Å². The molecule has 8 heteroatoms. The highest BCUT2D eigenvalue weighted by molar-refractivity contribution is 6.33. The first-order valence-corrected chi connectivity index (χ1v) is 5.66. The van der Waals surface area contributed by atoms with Crippen molar-refractivity contribution in [3.63, 3.8) is 0 Å². The number of aromatic amines is 1. The molecule has 0 saturated carbocycles. The normalized spacial score (nSPS) is 10.2. The van der Waals surface area contributed by atoms with E-state index >= 15 is 0 Å². The van der Waals surface area contributed by atoms with Crippen molar-refractivity contribution in [1.82, 2.24) is 15.3 Å². The molecule has 2 aromatic rings. The summed E-state index contributed by atoms with van der Waals surface area (Å²) in [7, 11) is 0. The van der Waals surface area contributed by atoms with Gasteiger partial charge in [-0.25, -0.2) is 4.98 Å². The molecular formula is C11H9ClN4O3. The number of hydrogen-bond acceptors (Lipinski definition) is 4. The Morgan fingerprint density at radius 2 is 2.32 bits per heavy atom. The Morgan fingerprint density at radius 3 is 2.95 bits per heavy atom. The van der Waals surface area contributed by atoms with Crippen molar-refractivity contribution in [3.05, 3.63) is 57.1 Å². The summed E-state index contributed by atoms with van der Waals surface area (Å²) < 4.78 is 0. The fraction of sp³-hybridized carbons (Fsp3) is 0.0909. The van der Waals surface area contributed by atoms with Crippen LogP contribution in [0, 0.1) is 10.1 Å². The van der Waals surface area contributed by atoms with Crippen LogP contribution in [-0.2, 0) is 6.54 Å². The zero-order valence-corrected chi connectivity index (χ0v) is 10.3. The average molecular weight is 281 g/mol. The van der Waals surface area contributed by atoms with Gasteiger partial charge in [-0.15, -0.1) is 0 Å². The number of carbonyl (C=O) groups is 1. The number of nitrogens with zero attached hydrogens (tertiary/aromatic N) is 2. The molecule has 0 spiro atoms. The van der Waals surface area contributed by atoms with Crippen LogP contribution in [0.4, 0.5) is 5.69 Å². The van der Waals surface area contributed by atoms with Crippen LogP contribution in [0.1, 0.15) is 16.2 Å². The summed E-state index contributed by atoms with van der Waals surface area (Å²) >= 11 is 5.85. The number of imidazole rings is 1. The first-order valence-electron chi connectivity index (χ1n) is 5.28. The molecule has 2 N–H and O–H groups in total. The van der Waals surface area contributed by atoms with Gasteiger partial charge < -0.3 is 10.3 Å². The van der Waals surface area contributed by atoms with Gasteiger partial charge in [0.15, 0.2) is 0 Å². The maximum Gasteiger partial charge on any atom is 0.270 e. The number of benzene rings is 1. The predicted octanol–water partition coefficient (Wildman–Crippen LogP) is 1.90. The van der Waals surface area contributed by atoms with Crippen LogP contribution in [-0.4, -0.2) is 20.8 Å². The highest BCUT2D eigenvalue weighted by Gasteiger charge is 2.15. The number of H-pyrrole nitrogens is 1. The van der Waals surface area contributed by atoms with Crippen molar-refractivity contribution < 1.29 is 9.72 Å². The molecule has 0 bridgehead atoms. The van der Waals surface area contributed by atoms with Crippen molar-refractivity contribution >= 4 is 23.2 Å². The van der Waals surface area contributed by atoms with Gasteiger partial charge in [0, 0.05) is 24.5 Å². The van der Waals surface area contributed by atoms with Crippen LogP contribution in [0.3, 0.4) is 0 Å². The van der Waals surface area contributed by atoms with Crippen LogP contribution in [0.5, 0.6) is 0 Å². The number of rotatable bonds is 4. The second-order valence-electron chi connectivity index (χ2n) is 3.64. The zero-order valence-electron chi connectivity index (χ0n) is 9.59. The van der Waals surface area contributed by atoms with E-state index < -0.39 is 10.8 Å². The van der Waals surface area contributed by atoms with E-state index in [-0.39, 0.29) is 22.8 Å². The monoisotopic (exact) mass is 280 g/mol. The number of amides is 1. The predicted molar refractivity (Wildman–Crippen MR) is 67.9 cm³/mol. The van der Waals surface area contributed by atoms with E-state index in [0.717, 1.165) is 6.07 Å². The van der Waals surface area contributed by atoms with Gasteiger partial charge in [0.25, 0.3) is 11.6 Å². The molecule has 0 atom stereocenters. The Kier molecular flexibility index (Phi) is 3.76. The van der Waals surface area contributed by atoms with Gasteiger partial charge in [-0.05, 0) is 6.07 Å². The lowest BCUT2D eigenvalue weighted by molar-refractivity contribution is -0.384. The molecule has 1 aromatic heterocycles. The summed E-state index contributed by atoms with van der Waals surface area (Å²) in [6, 6.07) is 3.70. The van der Waals surface area contributed by atoms with Crippen molar-refractivity contribution in [2.45, 2.75) is 6.54 Å². The van der Waals surface area contributed by atoms with Gasteiger partial charge in [0.05, 0.1) is 22.1 Å². The molecule has 1 heterocycles. The van der Waals surface area contributed by atoms with Crippen LogP contribution in [0.15, 0.2) is 30.6 Å². The number of nitro benzene ring substituents is 1. The molecule has 19 heavy (non-hydrogen) atoms. The standard InChI is InChI=1S/C11H9ClN4O3/c12-9-2-1-7(16(18)19)5-8(9)11(17)15-6-10-13-3-4-14-10/h1-5H,6H2,(H,13,14)(H,15,17). The lowest BCUT2D eigenvalue weighted by Crippen LogP contribution is -2.23. The average Bonchev–Trinajstić information content (AvgIpc) is 2.89. The fourth-order valence-electron chi connectivity index (χ4n) is 1.45. The molecule has 0 saturated heterocycles. The molecule has 7 nitrogen and oxygen atoms in total. The van der Waals surface area contributed by atoms with Crippen molar-refractivity contribution in [3.8, 4) is 0 Å². The number of nitrogens with one attached hydrogen (secondary N) is 2. The van der Waals surface area contributed by atoms with E-state index in [1.54, 1.807) is 12.4 Å². The van der Waals surface area contributed by atoms with Gasteiger partial charge in [-0.2, -0.15) is 0 Å². The van der Waals surface area contributed by atoms with E-state index in [9.17, 15) is 14.9 Å². The Hall–Kier alpha value is -2.41. The van der Waals surface area contributed by atoms with Crippen molar-refractivity contribution in [2.75, 3.05) is 0 Å². The number of nitro groups is 1. The summed E-state index contributed by atoms with van der Waals surface area (Å²) in [6.07, 6.45) is 3.18. The quantitative estimate of drug-likeness (QED) is 0.659. The van der Waals surface area contributed by atoms with Crippen LogP contribution < -0.4 is 5.32 Å². The van der Waals surface area contributed by atoms with Gasteiger partial charge in [0.1, 0.15) is 5.82 Å². The molecule has 1 aromatic carbocycles. The summed E-state index contributed by atoms with van der Waals surface area (Å²) in [5.74, 6) is 0.0833. The summed E-state index contributed by atoms with van der Waals surface area (Å²) in [6.45, 7) is 0.185. The summed E-state index contributed by atoms with van der Waals surface area (Å²) in [4.78, 5) is 28.7. The third-order valence-electron chi connectivity index (χ3n) is 2.38. The maximum atomic E-state index is 11.9. The first-order chi connectivity index (χ1) is 9.08. The lowest BCUT2D eigenvalue weighted by atomic mass is 10.2. The number of carbonyl (C=O) groups excluding carboxylic acids is 1. The van der Waals surface area contributed by atoms with E-state index in [4.69, 9.17) is 11.6 Å². The molecule has 0 aliphatic carbocycles. The molecule has 0 aliphatic heterocycles. The van der Waals surface area contributed by atoms with E-state index in [2.05, 4.69) is 15.3 Å². The minimum atomic E-state index is -0.584. The second kappa shape index (κ2) is 5.49. The third kappa shape index (κ3) is 3.08. The number of aromatic nitrogens is 2. The third-order valence-corrected chi connectivity index (χ3v) is 2.71. The van der Waals surface area contributed by atoms with Gasteiger partial charge in [0.2, 0.25) is 0 Å². The number of non-ortho nitro benzene ring substituents is 1. The molecule has 0 unspecified atom stereocenters. The number of hydrogen-bond donors (Lipinski definition) is 2. The lowest BCUT2D eigenvalue weighted by Gasteiger charge is -2.05. The minimum Gasteiger partial charge on any atom is -0.347 e. The molecule has 0 fully saturated rings. The van der Waals surface area contributed by atoms with Crippen molar-refractivity contribution in [2.24, 2.45) is 0 Å². The highest BCUT2D eigenvalue weighted by atomic mass is 35.5. The second-order valence-corrected chi connectivity index (χ2v) is 4.05. The molecule has 1 amide bonds. The molecular weight excluding hydrogens is 272 g/mol. The molecule has 98 valence electrons. The zero-order chi connectivity index (χ0) is 13.8.